The van der Waals surface area contributed by atoms with E-state index in [1.807, 2.05) is 18.7 Å². The van der Waals surface area contributed by atoms with Crippen molar-refractivity contribution < 1.29 is 0 Å². The van der Waals surface area contributed by atoms with Crippen LogP contribution in [-0.2, 0) is 6.54 Å². The highest BCUT2D eigenvalue weighted by Gasteiger charge is 2.31. The van der Waals surface area contributed by atoms with Gasteiger partial charge in [0.1, 0.15) is 0 Å². The number of halogens is 1. The smallest absolute Gasteiger partial charge is 0.0946 e. The van der Waals surface area contributed by atoms with Crippen molar-refractivity contribution in [2.75, 3.05) is 0 Å². The molecule has 4 heteroatoms. The molecule has 1 unspecified atom stereocenters. The number of nitrogens with zero attached hydrogens (tertiary/aromatic N) is 2. The van der Waals surface area contributed by atoms with Gasteiger partial charge in [0.05, 0.1) is 6.33 Å². The molecule has 0 radical (unpaired) electrons. The van der Waals surface area contributed by atoms with Crippen molar-refractivity contribution in [1.29, 1.82) is 0 Å². The van der Waals surface area contributed by atoms with E-state index in [1.54, 1.807) is 0 Å². The number of hydrogen-bond donors (Lipinski definition) is 1. The van der Waals surface area contributed by atoms with Gasteiger partial charge in [-0.25, -0.2) is 4.98 Å². The quantitative estimate of drug-likeness (QED) is 0.906. The Kier molecular flexibility index (Phi) is 4.22. The molecule has 0 aliphatic heterocycles. The lowest BCUT2D eigenvalue weighted by Crippen LogP contribution is -2.45. The van der Waals surface area contributed by atoms with Crippen molar-refractivity contribution in [3.8, 4) is 0 Å². The predicted molar refractivity (Wildman–Crippen MR) is 84.7 cm³/mol. The third-order valence-electron chi connectivity index (χ3n) is 4.05. The fraction of sp³-hybridized carbons (Fsp3) is 0.438. The monoisotopic (exact) mass is 333 g/mol. The van der Waals surface area contributed by atoms with Crippen LogP contribution in [0, 0.1) is 0 Å². The van der Waals surface area contributed by atoms with Gasteiger partial charge in [0.25, 0.3) is 0 Å². The van der Waals surface area contributed by atoms with E-state index >= 15 is 0 Å². The molecule has 1 heterocycles. The summed E-state index contributed by atoms with van der Waals surface area (Å²) in [6.45, 7) is 3.22. The summed E-state index contributed by atoms with van der Waals surface area (Å²) < 4.78 is 3.37. The fourth-order valence-corrected chi connectivity index (χ4v) is 3.59. The number of nitrogens with one attached hydrogen (secondary N) is 1. The van der Waals surface area contributed by atoms with Crippen LogP contribution in [0.1, 0.15) is 31.2 Å². The molecule has 0 spiro atoms. The molecule has 2 aromatic rings. The maximum atomic E-state index is 4.08. The minimum absolute atomic E-state index is 0.481. The van der Waals surface area contributed by atoms with E-state index in [2.05, 4.69) is 62.0 Å². The lowest BCUT2D eigenvalue weighted by atomic mass is 9.75. The van der Waals surface area contributed by atoms with Gasteiger partial charge < -0.3 is 9.88 Å². The van der Waals surface area contributed by atoms with Gasteiger partial charge in [-0.3, -0.25) is 0 Å². The third-order valence-corrected chi connectivity index (χ3v) is 4.77. The van der Waals surface area contributed by atoms with Crippen LogP contribution in [0.4, 0.5) is 0 Å². The third kappa shape index (κ3) is 3.13. The normalized spacial score (nSPS) is 23.3. The molecule has 0 amide bonds. The number of hydrogen-bond acceptors (Lipinski definition) is 2. The highest BCUT2D eigenvalue weighted by molar-refractivity contribution is 9.10. The first-order chi connectivity index (χ1) is 9.72. The van der Waals surface area contributed by atoms with Crippen molar-refractivity contribution in [1.82, 2.24) is 14.9 Å². The Balaban J connectivity index is 1.47. The maximum Gasteiger partial charge on any atom is 0.0946 e. The van der Waals surface area contributed by atoms with Gasteiger partial charge in [-0.1, -0.05) is 34.1 Å². The van der Waals surface area contributed by atoms with E-state index in [9.17, 15) is 0 Å². The molecule has 1 saturated carbocycles. The zero-order chi connectivity index (χ0) is 13.9. The summed E-state index contributed by atoms with van der Waals surface area (Å²) in [4.78, 5) is 4.08. The number of rotatable bonds is 5. The average Bonchev–Trinajstić information content (AvgIpc) is 2.87. The minimum atomic E-state index is 0.481. The summed E-state index contributed by atoms with van der Waals surface area (Å²) in [6.07, 6.45) is 8.19. The molecule has 3 rings (SSSR count). The average molecular weight is 334 g/mol. The Morgan fingerprint density at radius 2 is 2.20 bits per heavy atom. The van der Waals surface area contributed by atoms with Gasteiger partial charge >= 0.3 is 0 Å². The summed E-state index contributed by atoms with van der Waals surface area (Å²) >= 11 is 3.65. The Morgan fingerprint density at radius 3 is 2.90 bits per heavy atom. The van der Waals surface area contributed by atoms with Gasteiger partial charge in [0.2, 0.25) is 0 Å². The molecule has 3 nitrogen and oxygen atoms in total. The standard InChI is InChI=1S/C16H20BrN3/c1-12(10-20-7-6-18-11-20)19-14-8-13(9-14)15-4-2-3-5-16(15)17/h2-7,11-14,19H,8-10H2,1H3. The number of benzene rings is 1. The Morgan fingerprint density at radius 1 is 1.40 bits per heavy atom. The Bertz CT molecular complexity index is 547. The van der Waals surface area contributed by atoms with Gasteiger partial charge in [-0.15, -0.1) is 0 Å². The zero-order valence-electron chi connectivity index (χ0n) is 11.7. The van der Waals surface area contributed by atoms with Crippen molar-refractivity contribution in [2.24, 2.45) is 0 Å². The molecule has 1 N–H and O–H groups in total. The molecule has 1 aromatic carbocycles. The number of aromatic nitrogens is 2. The highest BCUT2D eigenvalue weighted by atomic mass is 79.9. The summed E-state index contributed by atoms with van der Waals surface area (Å²) in [5.41, 5.74) is 1.45. The van der Waals surface area contributed by atoms with E-state index in [0.717, 1.165) is 6.54 Å². The van der Waals surface area contributed by atoms with Gasteiger partial charge in [-0.05, 0) is 37.3 Å². The first-order valence-electron chi connectivity index (χ1n) is 7.18. The van der Waals surface area contributed by atoms with E-state index in [-0.39, 0.29) is 0 Å². The molecule has 1 aliphatic carbocycles. The summed E-state index contributed by atoms with van der Waals surface area (Å²) in [5.74, 6) is 0.698. The molecule has 1 fully saturated rings. The van der Waals surface area contributed by atoms with Gasteiger partial charge in [0, 0.05) is 35.5 Å². The van der Waals surface area contributed by atoms with Crippen molar-refractivity contribution in [3.05, 3.63) is 53.0 Å². The van der Waals surface area contributed by atoms with Crippen LogP contribution in [0.15, 0.2) is 47.5 Å². The van der Waals surface area contributed by atoms with Crippen LogP contribution in [0.3, 0.4) is 0 Å². The van der Waals surface area contributed by atoms with Gasteiger partial charge in [-0.2, -0.15) is 0 Å². The summed E-state index contributed by atoms with van der Waals surface area (Å²) in [6, 6.07) is 9.70. The fourth-order valence-electron chi connectivity index (χ4n) is 2.98. The van der Waals surface area contributed by atoms with E-state index < -0.39 is 0 Å². The van der Waals surface area contributed by atoms with Crippen LogP contribution >= 0.6 is 15.9 Å². The van der Waals surface area contributed by atoms with E-state index in [4.69, 9.17) is 0 Å². The van der Waals surface area contributed by atoms with Crippen molar-refractivity contribution in [2.45, 2.75) is 44.3 Å². The molecule has 1 atom stereocenters. The maximum absolute atomic E-state index is 4.08. The first-order valence-corrected chi connectivity index (χ1v) is 7.98. The van der Waals surface area contributed by atoms with Crippen LogP contribution in [0.25, 0.3) is 0 Å². The molecule has 0 saturated heterocycles. The molecule has 1 aliphatic rings. The zero-order valence-corrected chi connectivity index (χ0v) is 13.3. The number of imidazole rings is 1. The Labute approximate surface area is 128 Å². The molecule has 1 aromatic heterocycles. The second-order valence-corrected chi connectivity index (χ2v) is 6.57. The van der Waals surface area contributed by atoms with Crippen molar-refractivity contribution >= 4 is 15.9 Å². The SMILES string of the molecule is CC(Cn1ccnc1)NC1CC(c2ccccc2Br)C1. The highest BCUT2D eigenvalue weighted by Crippen LogP contribution is 2.40. The predicted octanol–water partition coefficient (Wildman–Crippen LogP) is 3.57. The summed E-state index contributed by atoms with van der Waals surface area (Å²) in [5, 5.41) is 3.71. The molecule has 20 heavy (non-hydrogen) atoms. The first kappa shape index (κ1) is 13.8. The Hall–Kier alpha value is -1.13. The minimum Gasteiger partial charge on any atom is -0.336 e. The topological polar surface area (TPSA) is 29.9 Å². The van der Waals surface area contributed by atoms with Gasteiger partial charge in [0.15, 0.2) is 0 Å². The van der Waals surface area contributed by atoms with Crippen LogP contribution in [-0.4, -0.2) is 21.6 Å². The van der Waals surface area contributed by atoms with Crippen LogP contribution in [0.2, 0.25) is 0 Å². The van der Waals surface area contributed by atoms with Crippen LogP contribution in [0.5, 0.6) is 0 Å². The molecule has 0 bridgehead atoms. The van der Waals surface area contributed by atoms with E-state index in [1.165, 1.54) is 22.9 Å². The second-order valence-electron chi connectivity index (χ2n) is 5.71. The molecule has 106 valence electrons. The lowest BCUT2D eigenvalue weighted by Gasteiger charge is -2.38. The molecular weight excluding hydrogens is 314 g/mol. The second kappa shape index (κ2) is 6.10. The van der Waals surface area contributed by atoms with Crippen LogP contribution < -0.4 is 5.32 Å². The molecular formula is C16H20BrN3. The van der Waals surface area contributed by atoms with Crippen molar-refractivity contribution in [3.63, 3.8) is 0 Å². The largest absolute Gasteiger partial charge is 0.336 e. The summed E-state index contributed by atoms with van der Waals surface area (Å²) in [7, 11) is 0. The lowest BCUT2D eigenvalue weighted by molar-refractivity contribution is 0.260. The van der Waals surface area contributed by atoms with E-state index in [0.29, 0.717) is 18.0 Å².